The summed E-state index contributed by atoms with van der Waals surface area (Å²) in [6.45, 7) is 0. The first-order chi connectivity index (χ1) is 9.08. The molecular weight excluding hydrogens is 272 g/mol. The van der Waals surface area contributed by atoms with Gasteiger partial charge >= 0.3 is 0 Å². The molecule has 0 fully saturated rings. The highest BCUT2D eigenvalue weighted by atomic mass is 35.5. The Balaban J connectivity index is 2.81. The van der Waals surface area contributed by atoms with Crippen molar-refractivity contribution in [3.8, 4) is 5.75 Å². The van der Waals surface area contributed by atoms with E-state index in [9.17, 15) is 15.2 Å². The molecule has 100 valence electrons. The van der Waals surface area contributed by atoms with Crippen molar-refractivity contribution in [1.29, 1.82) is 0 Å². The standard InChI is InChI=1S/C12H11ClN2O4/c1-19-7-4-9-8(11(16)6-13)2-3-14-12(9)10(5-7)15(17)18/h2-5,11,16H,6H2,1H3/t11-/m0/s1. The highest BCUT2D eigenvalue weighted by molar-refractivity contribution is 6.18. The van der Waals surface area contributed by atoms with Gasteiger partial charge in [0.2, 0.25) is 0 Å². The average molecular weight is 283 g/mol. The Morgan fingerprint density at radius 3 is 2.89 bits per heavy atom. The third-order valence-corrected chi connectivity index (χ3v) is 3.06. The summed E-state index contributed by atoms with van der Waals surface area (Å²) in [6, 6.07) is 4.48. The zero-order valence-corrected chi connectivity index (χ0v) is 10.8. The number of ether oxygens (including phenoxy) is 1. The van der Waals surface area contributed by atoms with Crippen molar-refractivity contribution in [3.63, 3.8) is 0 Å². The summed E-state index contributed by atoms with van der Waals surface area (Å²) in [5, 5.41) is 21.4. The molecule has 2 aromatic rings. The van der Waals surface area contributed by atoms with E-state index < -0.39 is 11.0 Å². The van der Waals surface area contributed by atoms with Gasteiger partial charge in [-0.3, -0.25) is 10.1 Å². The summed E-state index contributed by atoms with van der Waals surface area (Å²) in [5.74, 6) is 0.319. The Kier molecular flexibility index (Phi) is 3.82. The number of rotatable bonds is 4. The molecule has 0 radical (unpaired) electrons. The molecule has 0 aliphatic rings. The quantitative estimate of drug-likeness (QED) is 0.529. The molecule has 0 aliphatic carbocycles. The topological polar surface area (TPSA) is 85.5 Å². The molecule has 1 N–H and O–H groups in total. The van der Waals surface area contributed by atoms with Crippen LogP contribution in [0.1, 0.15) is 11.7 Å². The number of hydrogen-bond acceptors (Lipinski definition) is 5. The summed E-state index contributed by atoms with van der Waals surface area (Å²) in [5.41, 5.74) is 0.521. The molecule has 0 spiro atoms. The molecule has 2 rings (SSSR count). The second-order valence-electron chi connectivity index (χ2n) is 3.87. The van der Waals surface area contributed by atoms with Crippen molar-refractivity contribution in [2.45, 2.75) is 6.10 Å². The van der Waals surface area contributed by atoms with Crippen LogP contribution >= 0.6 is 11.6 Å². The molecule has 0 aliphatic heterocycles. The lowest BCUT2D eigenvalue weighted by molar-refractivity contribution is -0.383. The predicted octanol–water partition coefficient (Wildman–Crippen LogP) is 2.42. The molecule has 0 amide bonds. The third kappa shape index (κ3) is 2.45. The van der Waals surface area contributed by atoms with Crippen molar-refractivity contribution >= 4 is 28.2 Å². The lowest BCUT2D eigenvalue weighted by Gasteiger charge is -2.11. The van der Waals surface area contributed by atoms with Gasteiger partial charge in [0.1, 0.15) is 11.3 Å². The number of aromatic nitrogens is 1. The van der Waals surface area contributed by atoms with Crippen LogP contribution in [0.25, 0.3) is 10.9 Å². The van der Waals surface area contributed by atoms with E-state index in [-0.39, 0.29) is 17.1 Å². The minimum atomic E-state index is -0.918. The van der Waals surface area contributed by atoms with Crippen molar-refractivity contribution < 1.29 is 14.8 Å². The maximum Gasteiger partial charge on any atom is 0.299 e. The number of nitro benzene ring substituents is 1. The predicted molar refractivity (Wildman–Crippen MR) is 70.6 cm³/mol. The Hall–Kier alpha value is -1.92. The second-order valence-corrected chi connectivity index (χ2v) is 4.18. The number of non-ortho nitro benzene ring substituents is 1. The van der Waals surface area contributed by atoms with Gasteiger partial charge in [0.15, 0.2) is 0 Å². The van der Waals surface area contributed by atoms with Gasteiger partial charge in [0.25, 0.3) is 5.69 Å². The highest BCUT2D eigenvalue weighted by Gasteiger charge is 2.19. The van der Waals surface area contributed by atoms with Crippen LogP contribution < -0.4 is 4.74 Å². The fourth-order valence-electron chi connectivity index (χ4n) is 1.86. The maximum absolute atomic E-state index is 11.1. The van der Waals surface area contributed by atoms with Crippen LogP contribution in [-0.2, 0) is 0 Å². The molecule has 0 saturated heterocycles. The summed E-state index contributed by atoms with van der Waals surface area (Å²) in [7, 11) is 1.42. The largest absolute Gasteiger partial charge is 0.496 e. The second kappa shape index (κ2) is 5.38. The first-order valence-electron chi connectivity index (χ1n) is 5.43. The molecule has 1 aromatic heterocycles. The lowest BCUT2D eigenvalue weighted by atomic mass is 10.0. The van der Waals surface area contributed by atoms with Gasteiger partial charge in [-0.05, 0) is 17.7 Å². The normalized spacial score (nSPS) is 12.4. The van der Waals surface area contributed by atoms with E-state index in [4.69, 9.17) is 16.3 Å². The number of alkyl halides is 1. The van der Waals surface area contributed by atoms with Crippen LogP contribution in [0.2, 0.25) is 0 Å². The smallest absolute Gasteiger partial charge is 0.299 e. The van der Waals surface area contributed by atoms with Crippen LogP contribution in [0.4, 0.5) is 5.69 Å². The molecule has 0 saturated carbocycles. The van der Waals surface area contributed by atoms with Gasteiger partial charge in [-0.25, -0.2) is 4.98 Å². The average Bonchev–Trinajstić information content (AvgIpc) is 2.44. The van der Waals surface area contributed by atoms with Crippen LogP contribution in [0.15, 0.2) is 24.4 Å². The molecular formula is C12H11ClN2O4. The van der Waals surface area contributed by atoms with Gasteiger partial charge in [-0.15, -0.1) is 11.6 Å². The molecule has 1 heterocycles. The van der Waals surface area contributed by atoms with E-state index in [0.717, 1.165) is 0 Å². The van der Waals surface area contributed by atoms with E-state index in [1.807, 2.05) is 0 Å². The molecule has 19 heavy (non-hydrogen) atoms. The van der Waals surface area contributed by atoms with Gasteiger partial charge in [0, 0.05) is 11.6 Å². The van der Waals surface area contributed by atoms with E-state index >= 15 is 0 Å². The summed E-state index contributed by atoms with van der Waals surface area (Å²) in [6.07, 6.45) is 0.492. The number of aliphatic hydroxyl groups excluding tert-OH is 1. The van der Waals surface area contributed by atoms with Crippen molar-refractivity contribution in [1.82, 2.24) is 4.98 Å². The number of aliphatic hydroxyl groups is 1. The maximum atomic E-state index is 11.1. The van der Waals surface area contributed by atoms with Crippen molar-refractivity contribution in [3.05, 3.63) is 40.1 Å². The van der Waals surface area contributed by atoms with Gasteiger partial charge in [-0.1, -0.05) is 0 Å². The van der Waals surface area contributed by atoms with E-state index in [2.05, 4.69) is 4.98 Å². The van der Waals surface area contributed by atoms with Gasteiger partial charge < -0.3 is 9.84 Å². The van der Waals surface area contributed by atoms with E-state index in [0.29, 0.717) is 16.7 Å². The number of nitro groups is 1. The molecule has 0 unspecified atom stereocenters. The SMILES string of the molecule is COc1cc([N+](=O)[O-])c2nccc([C@@H](O)CCl)c2c1. The van der Waals surface area contributed by atoms with Gasteiger partial charge in [-0.2, -0.15) is 0 Å². The number of nitrogens with zero attached hydrogens (tertiary/aromatic N) is 2. The Bertz CT molecular complexity index is 632. The van der Waals surface area contributed by atoms with Gasteiger partial charge in [0.05, 0.1) is 30.1 Å². The van der Waals surface area contributed by atoms with Crippen molar-refractivity contribution in [2.24, 2.45) is 0 Å². The van der Waals surface area contributed by atoms with Crippen molar-refractivity contribution in [2.75, 3.05) is 13.0 Å². The molecule has 0 bridgehead atoms. The van der Waals surface area contributed by atoms with Crippen LogP contribution in [-0.4, -0.2) is 28.0 Å². The Morgan fingerprint density at radius 1 is 1.58 bits per heavy atom. The van der Waals surface area contributed by atoms with Crippen LogP contribution in [0.3, 0.4) is 0 Å². The van der Waals surface area contributed by atoms with E-state index in [1.54, 1.807) is 12.1 Å². The fraction of sp³-hybridized carbons (Fsp3) is 0.250. The van der Waals surface area contributed by atoms with E-state index in [1.165, 1.54) is 19.4 Å². The first kappa shape index (κ1) is 13.5. The highest BCUT2D eigenvalue weighted by Crippen LogP contribution is 2.33. The number of hydrogen-bond donors (Lipinski definition) is 1. The molecule has 1 aromatic carbocycles. The molecule has 1 atom stereocenters. The number of fused-ring (bicyclic) bond motifs is 1. The minimum absolute atomic E-state index is 0.00980. The number of halogens is 1. The zero-order valence-electron chi connectivity index (χ0n) is 10.0. The lowest BCUT2D eigenvalue weighted by Crippen LogP contribution is -2.02. The fourth-order valence-corrected chi connectivity index (χ4v) is 2.03. The monoisotopic (exact) mass is 282 g/mol. The number of benzene rings is 1. The minimum Gasteiger partial charge on any atom is -0.496 e. The zero-order chi connectivity index (χ0) is 14.0. The summed E-state index contributed by atoms with van der Waals surface area (Å²) >= 11 is 5.63. The Labute approximate surface area is 113 Å². The summed E-state index contributed by atoms with van der Waals surface area (Å²) < 4.78 is 5.03. The first-order valence-corrected chi connectivity index (χ1v) is 5.97. The third-order valence-electron chi connectivity index (χ3n) is 2.77. The molecule has 7 heteroatoms. The number of methoxy groups -OCH3 is 1. The van der Waals surface area contributed by atoms with Crippen LogP contribution in [0, 0.1) is 10.1 Å². The number of pyridine rings is 1. The summed E-state index contributed by atoms with van der Waals surface area (Å²) in [4.78, 5) is 14.5. The molecule has 6 nitrogen and oxygen atoms in total. The van der Waals surface area contributed by atoms with Crippen LogP contribution in [0.5, 0.6) is 5.75 Å². The Morgan fingerprint density at radius 2 is 2.32 bits per heavy atom.